The lowest BCUT2D eigenvalue weighted by Crippen LogP contribution is -2.37. The minimum absolute atomic E-state index is 0.389. The predicted molar refractivity (Wildman–Crippen MR) is 141 cm³/mol. The second-order valence-electron chi connectivity index (χ2n) is 9.28. The van der Waals surface area contributed by atoms with E-state index in [2.05, 4.69) is 27.8 Å². The van der Waals surface area contributed by atoms with Gasteiger partial charge in [-0.1, -0.05) is 36.4 Å². The Hall–Kier alpha value is -3.71. The van der Waals surface area contributed by atoms with Crippen LogP contribution >= 0.6 is 0 Å². The van der Waals surface area contributed by atoms with Crippen LogP contribution in [0.3, 0.4) is 0 Å². The summed E-state index contributed by atoms with van der Waals surface area (Å²) in [7, 11) is 4.05. The number of para-hydroxylation sites is 2. The Bertz CT molecular complexity index is 1240. The number of hydrogen-bond acceptors (Lipinski definition) is 7. The number of fused-ring (bicyclic) bond motifs is 1. The van der Waals surface area contributed by atoms with E-state index in [1.165, 1.54) is 0 Å². The van der Waals surface area contributed by atoms with Crippen LogP contribution in [0.25, 0.3) is 10.9 Å². The van der Waals surface area contributed by atoms with E-state index in [4.69, 9.17) is 14.7 Å². The van der Waals surface area contributed by atoms with Gasteiger partial charge in [0.25, 0.3) is 0 Å². The molecule has 7 heteroatoms. The summed E-state index contributed by atoms with van der Waals surface area (Å²) in [5.41, 5.74) is 2.13. The Morgan fingerprint density at radius 2 is 1.60 bits per heavy atom. The molecule has 2 aromatic carbocycles. The SMILES string of the molecule is CN(C)c1nc(NC2CCC(NCc3ccc(Oc4ccccc4)nc3)CC2)nc2ccccc12. The zero-order valence-corrected chi connectivity index (χ0v) is 20.3. The topological polar surface area (TPSA) is 75.2 Å². The molecule has 4 aromatic rings. The molecular formula is C28H32N6O. The van der Waals surface area contributed by atoms with Gasteiger partial charge in [0.2, 0.25) is 11.8 Å². The van der Waals surface area contributed by atoms with Crippen molar-refractivity contribution in [3.8, 4) is 11.6 Å². The second-order valence-corrected chi connectivity index (χ2v) is 9.28. The van der Waals surface area contributed by atoms with Crippen LogP contribution in [0.2, 0.25) is 0 Å². The van der Waals surface area contributed by atoms with Crippen LogP contribution in [0.5, 0.6) is 11.6 Å². The minimum Gasteiger partial charge on any atom is -0.439 e. The molecule has 1 aliphatic rings. The lowest BCUT2D eigenvalue weighted by Gasteiger charge is -2.30. The molecule has 35 heavy (non-hydrogen) atoms. The number of nitrogens with one attached hydrogen (secondary N) is 2. The van der Waals surface area contributed by atoms with Crippen LogP contribution in [-0.2, 0) is 6.54 Å². The van der Waals surface area contributed by atoms with Crippen molar-refractivity contribution in [2.45, 2.75) is 44.3 Å². The van der Waals surface area contributed by atoms with Crippen LogP contribution in [0, 0.1) is 0 Å². The summed E-state index contributed by atoms with van der Waals surface area (Å²) in [5, 5.41) is 8.36. The van der Waals surface area contributed by atoms with Gasteiger partial charge in [-0.15, -0.1) is 0 Å². The van der Waals surface area contributed by atoms with Gasteiger partial charge in [-0.05, 0) is 55.5 Å². The van der Waals surface area contributed by atoms with Crippen LogP contribution in [-0.4, -0.2) is 41.1 Å². The number of rotatable bonds is 8. The second kappa shape index (κ2) is 10.7. The molecule has 0 amide bonds. The molecule has 7 nitrogen and oxygen atoms in total. The molecule has 0 bridgehead atoms. The Kier molecular flexibility index (Phi) is 7.04. The lowest BCUT2D eigenvalue weighted by atomic mass is 9.91. The first-order valence-corrected chi connectivity index (χ1v) is 12.3. The highest BCUT2D eigenvalue weighted by Gasteiger charge is 2.22. The molecule has 0 atom stereocenters. The molecule has 0 radical (unpaired) electrons. The Morgan fingerprint density at radius 1 is 0.857 bits per heavy atom. The van der Waals surface area contributed by atoms with Crippen molar-refractivity contribution in [1.82, 2.24) is 20.3 Å². The molecule has 1 saturated carbocycles. The molecule has 0 saturated heterocycles. The summed E-state index contributed by atoms with van der Waals surface area (Å²) < 4.78 is 5.78. The number of nitrogens with zero attached hydrogens (tertiary/aromatic N) is 4. The van der Waals surface area contributed by atoms with Crippen molar-refractivity contribution in [1.29, 1.82) is 0 Å². The third-order valence-corrected chi connectivity index (χ3v) is 6.43. The molecular weight excluding hydrogens is 436 g/mol. The Morgan fingerprint density at radius 3 is 2.34 bits per heavy atom. The van der Waals surface area contributed by atoms with Crippen molar-refractivity contribution >= 4 is 22.7 Å². The fourth-order valence-electron chi connectivity index (χ4n) is 4.54. The zero-order valence-electron chi connectivity index (χ0n) is 20.3. The van der Waals surface area contributed by atoms with E-state index in [0.29, 0.717) is 23.9 Å². The van der Waals surface area contributed by atoms with Gasteiger partial charge in [-0.3, -0.25) is 0 Å². The fourth-order valence-corrected chi connectivity index (χ4v) is 4.54. The quantitative estimate of drug-likeness (QED) is 0.359. The Balaban J connectivity index is 1.11. The molecule has 180 valence electrons. The first-order valence-electron chi connectivity index (χ1n) is 12.3. The van der Waals surface area contributed by atoms with Crippen LogP contribution in [0.15, 0.2) is 72.9 Å². The third-order valence-electron chi connectivity index (χ3n) is 6.43. The van der Waals surface area contributed by atoms with Gasteiger partial charge in [0, 0.05) is 50.4 Å². The maximum Gasteiger partial charge on any atom is 0.225 e. The number of benzene rings is 2. The number of ether oxygens (including phenoxy) is 1. The molecule has 0 unspecified atom stereocenters. The average molecular weight is 469 g/mol. The molecule has 2 aromatic heterocycles. The van der Waals surface area contributed by atoms with Gasteiger partial charge in [0.05, 0.1) is 5.52 Å². The first-order chi connectivity index (χ1) is 17.1. The van der Waals surface area contributed by atoms with Gasteiger partial charge < -0.3 is 20.3 Å². The van der Waals surface area contributed by atoms with Gasteiger partial charge in [0.15, 0.2) is 0 Å². The number of pyridine rings is 1. The zero-order chi connectivity index (χ0) is 24.0. The van der Waals surface area contributed by atoms with Gasteiger partial charge in [-0.25, -0.2) is 9.97 Å². The maximum atomic E-state index is 5.78. The maximum absolute atomic E-state index is 5.78. The summed E-state index contributed by atoms with van der Waals surface area (Å²) in [5.74, 6) is 3.07. The first kappa shape index (κ1) is 23.1. The van der Waals surface area contributed by atoms with Gasteiger partial charge in [0.1, 0.15) is 11.6 Å². The molecule has 0 aliphatic heterocycles. The molecule has 1 fully saturated rings. The summed E-state index contributed by atoms with van der Waals surface area (Å²) in [4.78, 5) is 16.0. The van der Waals surface area contributed by atoms with Crippen molar-refractivity contribution < 1.29 is 4.74 Å². The van der Waals surface area contributed by atoms with E-state index < -0.39 is 0 Å². The molecule has 2 heterocycles. The van der Waals surface area contributed by atoms with Crippen LogP contribution in [0.1, 0.15) is 31.2 Å². The number of hydrogen-bond donors (Lipinski definition) is 2. The third kappa shape index (κ3) is 5.87. The van der Waals surface area contributed by atoms with Crippen molar-refractivity contribution in [3.05, 3.63) is 78.5 Å². The van der Waals surface area contributed by atoms with Crippen LogP contribution < -0.4 is 20.3 Å². The van der Waals surface area contributed by atoms with Crippen molar-refractivity contribution in [3.63, 3.8) is 0 Å². The van der Waals surface area contributed by atoms with Crippen molar-refractivity contribution in [2.75, 3.05) is 24.3 Å². The monoisotopic (exact) mass is 468 g/mol. The summed E-state index contributed by atoms with van der Waals surface area (Å²) in [6.45, 7) is 0.807. The molecule has 0 spiro atoms. The molecule has 1 aliphatic carbocycles. The average Bonchev–Trinajstić information content (AvgIpc) is 2.89. The fraction of sp³-hybridized carbons (Fsp3) is 0.321. The van der Waals surface area contributed by atoms with E-state index in [9.17, 15) is 0 Å². The van der Waals surface area contributed by atoms with E-state index in [0.717, 1.165) is 60.3 Å². The van der Waals surface area contributed by atoms with E-state index in [-0.39, 0.29) is 0 Å². The highest BCUT2D eigenvalue weighted by atomic mass is 16.5. The summed E-state index contributed by atoms with van der Waals surface area (Å²) >= 11 is 0. The highest BCUT2D eigenvalue weighted by molar-refractivity contribution is 5.90. The van der Waals surface area contributed by atoms with Gasteiger partial charge >= 0.3 is 0 Å². The van der Waals surface area contributed by atoms with Crippen molar-refractivity contribution in [2.24, 2.45) is 0 Å². The predicted octanol–water partition coefficient (Wildman–Crippen LogP) is 5.40. The summed E-state index contributed by atoms with van der Waals surface area (Å²) in [6, 6.07) is 22.8. The highest BCUT2D eigenvalue weighted by Crippen LogP contribution is 2.26. The van der Waals surface area contributed by atoms with E-state index in [1.807, 2.05) is 79.8 Å². The van der Waals surface area contributed by atoms with E-state index in [1.54, 1.807) is 0 Å². The molecule has 5 rings (SSSR count). The van der Waals surface area contributed by atoms with E-state index >= 15 is 0 Å². The largest absolute Gasteiger partial charge is 0.439 e. The normalized spacial score (nSPS) is 17.8. The van der Waals surface area contributed by atoms with Gasteiger partial charge in [-0.2, -0.15) is 4.98 Å². The number of anilines is 2. The standard InChI is InChI=1S/C28H32N6O/c1-34(2)27-24-10-6-7-11-25(24)32-28(33-27)31-22-15-13-21(14-16-22)29-18-20-12-17-26(30-19-20)35-23-8-4-3-5-9-23/h3-12,17,19,21-22,29H,13-16,18H2,1-2H3,(H,31,32,33). The van der Waals surface area contributed by atoms with Crippen LogP contribution in [0.4, 0.5) is 11.8 Å². The lowest BCUT2D eigenvalue weighted by molar-refractivity contribution is 0.352. The minimum atomic E-state index is 0.389. The molecule has 2 N–H and O–H groups in total. The Labute approximate surface area is 206 Å². The summed E-state index contributed by atoms with van der Waals surface area (Å²) in [6.07, 6.45) is 6.31. The number of aromatic nitrogens is 3. The smallest absolute Gasteiger partial charge is 0.225 e.